The first-order valence-corrected chi connectivity index (χ1v) is 7.53. The second kappa shape index (κ2) is 6.63. The van der Waals surface area contributed by atoms with E-state index in [-0.39, 0.29) is 11.9 Å². The summed E-state index contributed by atoms with van der Waals surface area (Å²) in [5.74, 6) is -0.319. The van der Waals surface area contributed by atoms with Crippen LogP contribution >= 0.6 is 22.9 Å². The molecule has 2 N–H and O–H groups in total. The average Bonchev–Trinajstić information content (AvgIpc) is 2.78. The van der Waals surface area contributed by atoms with Gasteiger partial charge in [0.1, 0.15) is 5.82 Å². The van der Waals surface area contributed by atoms with Crippen LogP contribution in [-0.2, 0) is 6.54 Å². The molecule has 0 aliphatic carbocycles. The summed E-state index contributed by atoms with van der Waals surface area (Å²) in [7, 11) is 1.94. The minimum absolute atomic E-state index is 0.186. The maximum absolute atomic E-state index is 14.0. The first kappa shape index (κ1) is 15.4. The van der Waals surface area contributed by atoms with Crippen LogP contribution in [-0.4, -0.2) is 23.5 Å². The highest BCUT2D eigenvalue weighted by molar-refractivity contribution is 7.09. The maximum atomic E-state index is 14.0. The van der Waals surface area contributed by atoms with E-state index in [2.05, 4.69) is 4.98 Å². The normalized spacial score (nSPS) is 12.9. The molecule has 20 heavy (non-hydrogen) atoms. The number of nitrogens with two attached hydrogens (primary N) is 1. The van der Waals surface area contributed by atoms with Gasteiger partial charge in [0.25, 0.3) is 0 Å². The number of thiazole rings is 1. The van der Waals surface area contributed by atoms with Crippen molar-refractivity contribution in [2.75, 3.05) is 13.6 Å². The lowest BCUT2D eigenvalue weighted by molar-refractivity contribution is 0.238. The fourth-order valence-electron chi connectivity index (χ4n) is 2.13. The Morgan fingerprint density at radius 3 is 2.80 bits per heavy atom. The molecule has 0 aliphatic heterocycles. The van der Waals surface area contributed by atoms with Crippen molar-refractivity contribution in [2.24, 2.45) is 5.73 Å². The molecular formula is C14H17ClFN3S. The standard InChI is InChI=1S/C14H17ClFN3S/c1-9-14(20-8-18-9)7-19(2)13(6-17)11-4-3-10(15)5-12(11)16/h3-5,8,13H,6-7,17H2,1-2H3. The van der Waals surface area contributed by atoms with Gasteiger partial charge >= 0.3 is 0 Å². The van der Waals surface area contributed by atoms with Crippen molar-refractivity contribution >= 4 is 22.9 Å². The minimum atomic E-state index is -0.319. The van der Waals surface area contributed by atoms with Crippen molar-refractivity contribution in [3.05, 3.63) is 50.7 Å². The highest BCUT2D eigenvalue weighted by Crippen LogP contribution is 2.26. The number of rotatable bonds is 5. The number of hydrogen-bond donors (Lipinski definition) is 1. The number of likely N-dealkylation sites (N-methyl/N-ethyl adjacent to an activating group) is 1. The topological polar surface area (TPSA) is 42.2 Å². The van der Waals surface area contributed by atoms with Gasteiger partial charge in [-0.3, -0.25) is 4.90 Å². The molecule has 3 nitrogen and oxygen atoms in total. The van der Waals surface area contributed by atoms with E-state index in [1.54, 1.807) is 23.5 Å². The highest BCUT2D eigenvalue weighted by atomic mass is 35.5. The van der Waals surface area contributed by atoms with Crippen LogP contribution in [0.2, 0.25) is 5.02 Å². The third kappa shape index (κ3) is 3.35. The molecule has 0 aliphatic rings. The van der Waals surface area contributed by atoms with E-state index in [0.717, 1.165) is 5.69 Å². The molecule has 6 heteroatoms. The van der Waals surface area contributed by atoms with Gasteiger partial charge in [-0.25, -0.2) is 9.37 Å². The van der Waals surface area contributed by atoms with Crippen molar-refractivity contribution in [3.8, 4) is 0 Å². The number of aryl methyl sites for hydroxylation is 1. The predicted molar refractivity (Wildman–Crippen MR) is 81.5 cm³/mol. The molecule has 0 fully saturated rings. The summed E-state index contributed by atoms with van der Waals surface area (Å²) in [6, 6.07) is 4.53. The molecule has 108 valence electrons. The zero-order chi connectivity index (χ0) is 14.7. The lowest BCUT2D eigenvalue weighted by Gasteiger charge is -2.27. The fraction of sp³-hybridized carbons (Fsp3) is 0.357. The Morgan fingerprint density at radius 2 is 2.25 bits per heavy atom. The van der Waals surface area contributed by atoms with Crippen LogP contribution in [0, 0.1) is 12.7 Å². The second-order valence-corrected chi connectivity index (χ2v) is 6.07. The third-order valence-electron chi connectivity index (χ3n) is 3.31. The van der Waals surface area contributed by atoms with Crippen LogP contribution in [0.15, 0.2) is 23.7 Å². The van der Waals surface area contributed by atoms with Crippen molar-refractivity contribution in [1.82, 2.24) is 9.88 Å². The Morgan fingerprint density at radius 1 is 1.50 bits per heavy atom. The van der Waals surface area contributed by atoms with Crippen LogP contribution in [0.4, 0.5) is 4.39 Å². The van der Waals surface area contributed by atoms with Gasteiger partial charge in [0.05, 0.1) is 11.2 Å². The van der Waals surface area contributed by atoms with E-state index >= 15 is 0 Å². The smallest absolute Gasteiger partial charge is 0.129 e. The highest BCUT2D eigenvalue weighted by Gasteiger charge is 2.20. The Balaban J connectivity index is 2.21. The third-order valence-corrected chi connectivity index (χ3v) is 4.47. The van der Waals surface area contributed by atoms with Crippen molar-refractivity contribution in [1.29, 1.82) is 0 Å². The van der Waals surface area contributed by atoms with Crippen molar-refractivity contribution in [3.63, 3.8) is 0 Å². The van der Waals surface area contributed by atoms with E-state index in [1.807, 2.05) is 24.4 Å². The predicted octanol–water partition coefficient (Wildman–Crippen LogP) is 3.38. The number of nitrogens with zero attached hydrogens (tertiary/aromatic N) is 2. The Hall–Kier alpha value is -1.01. The number of benzene rings is 1. The van der Waals surface area contributed by atoms with E-state index in [4.69, 9.17) is 17.3 Å². The first-order valence-electron chi connectivity index (χ1n) is 6.27. The van der Waals surface area contributed by atoms with Gasteiger partial charge in [0.15, 0.2) is 0 Å². The molecule has 2 rings (SSSR count). The monoisotopic (exact) mass is 313 g/mol. The van der Waals surface area contributed by atoms with E-state index in [1.165, 1.54) is 10.9 Å². The fourth-order valence-corrected chi connectivity index (χ4v) is 3.13. The van der Waals surface area contributed by atoms with Crippen LogP contribution in [0.3, 0.4) is 0 Å². The molecule has 1 heterocycles. The summed E-state index contributed by atoms with van der Waals surface area (Å²) >= 11 is 7.39. The Kier molecular flexibility index (Phi) is 5.10. The van der Waals surface area contributed by atoms with Crippen molar-refractivity contribution < 1.29 is 4.39 Å². The summed E-state index contributed by atoms with van der Waals surface area (Å²) in [5, 5.41) is 0.392. The van der Waals surface area contributed by atoms with Gasteiger partial charge in [-0.1, -0.05) is 17.7 Å². The second-order valence-electron chi connectivity index (χ2n) is 4.69. The molecule has 1 unspecified atom stereocenters. The van der Waals surface area contributed by atoms with Gasteiger partial charge in [-0.2, -0.15) is 0 Å². The number of aromatic nitrogens is 1. The van der Waals surface area contributed by atoms with Crippen LogP contribution in [0.25, 0.3) is 0 Å². The summed E-state index contributed by atoms with van der Waals surface area (Å²) < 4.78 is 14.0. The van der Waals surface area contributed by atoms with Crippen LogP contribution < -0.4 is 5.73 Å². The minimum Gasteiger partial charge on any atom is -0.329 e. The molecule has 0 bridgehead atoms. The Bertz CT molecular complexity index is 588. The van der Waals surface area contributed by atoms with Gasteiger partial charge in [-0.05, 0) is 26.1 Å². The molecule has 2 aromatic rings. The van der Waals surface area contributed by atoms with Gasteiger partial charge in [0, 0.05) is 34.6 Å². The molecule has 0 saturated heterocycles. The SMILES string of the molecule is Cc1ncsc1CN(C)C(CN)c1ccc(Cl)cc1F. The molecule has 1 aromatic heterocycles. The molecule has 0 radical (unpaired) electrons. The zero-order valence-electron chi connectivity index (χ0n) is 11.4. The first-order chi connectivity index (χ1) is 9.52. The largest absolute Gasteiger partial charge is 0.329 e. The molecular weight excluding hydrogens is 297 g/mol. The van der Waals surface area contributed by atoms with E-state index in [0.29, 0.717) is 23.7 Å². The molecule has 0 spiro atoms. The zero-order valence-corrected chi connectivity index (χ0v) is 13.0. The van der Waals surface area contributed by atoms with Gasteiger partial charge in [-0.15, -0.1) is 11.3 Å². The van der Waals surface area contributed by atoms with Gasteiger partial charge < -0.3 is 5.73 Å². The van der Waals surface area contributed by atoms with Crippen molar-refractivity contribution in [2.45, 2.75) is 19.5 Å². The molecule has 0 saturated carbocycles. The summed E-state index contributed by atoms with van der Waals surface area (Å²) in [6.45, 7) is 3.01. The summed E-state index contributed by atoms with van der Waals surface area (Å²) in [5.41, 5.74) is 9.22. The lowest BCUT2D eigenvalue weighted by Crippen LogP contribution is -2.30. The lowest BCUT2D eigenvalue weighted by atomic mass is 10.0. The van der Waals surface area contributed by atoms with Crippen LogP contribution in [0.1, 0.15) is 22.2 Å². The quantitative estimate of drug-likeness (QED) is 0.920. The molecule has 1 atom stereocenters. The number of halogens is 2. The summed E-state index contributed by atoms with van der Waals surface area (Å²) in [4.78, 5) is 7.43. The van der Waals surface area contributed by atoms with E-state index < -0.39 is 0 Å². The summed E-state index contributed by atoms with van der Waals surface area (Å²) in [6.07, 6.45) is 0. The Labute approximate surface area is 127 Å². The van der Waals surface area contributed by atoms with Crippen LogP contribution in [0.5, 0.6) is 0 Å². The average molecular weight is 314 g/mol. The molecule has 1 aromatic carbocycles. The van der Waals surface area contributed by atoms with E-state index in [9.17, 15) is 4.39 Å². The number of hydrogen-bond acceptors (Lipinski definition) is 4. The van der Waals surface area contributed by atoms with Gasteiger partial charge in [0.2, 0.25) is 0 Å². The maximum Gasteiger partial charge on any atom is 0.129 e. The molecule has 0 amide bonds.